The zero-order chi connectivity index (χ0) is 13.4. The first-order valence-electron chi connectivity index (χ1n) is 4.94. The number of amides is 2. The van der Waals surface area contributed by atoms with Gasteiger partial charge in [0.05, 0.1) is 12.5 Å². The Bertz CT molecular complexity index is 298. The van der Waals surface area contributed by atoms with Crippen molar-refractivity contribution in [2.45, 2.75) is 24.9 Å². The van der Waals surface area contributed by atoms with Gasteiger partial charge in [-0.1, -0.05) is 0 Å². The lowest BCUT2D eigenvalue weighted by Gasteiger charge is -2.16. The van der Waals surface area contributed by atoms with Crippen LogP contribution >= 0.6 is 11.8 Å². The van der Waals surface area contributed by atoms with Crippen LogP contribution in [0.2, 0.25) is 0 Å². The molecule has 2 amide bonds. The topological polar surface area (TPSA) is 136 Å². The van der Waals surface area contributed by atoms with Gasteiger partial charge in [0.25, 0.3) is 0 Å². The van der Waals surface area contributed by atoms with E-state index in [4.69, 9.17) is 16.6 Å². The minimum atomic E-state index is -1.32. The molecule has 1 unspecified atom stereocenters. The van der Waals surface area contributed by atoms with E-state index in [1.807, 2.05) is 6.26 Å². The zero-order valence-corrected chi connectivity index (χ0v) is 10.3. The van der Waals surface area contributed by atoms with Gasteiger partial charge in [0.2, 0.25) is 11.8 Å². The average molecular weight is 263 g/mol. The monoisotopic (exact) mass is 263 g/mol. The summed E-state index contributed by atoms with van der Waals surface area (Å²) >= 11 is 1.53. The lowest BCUT2D eigenvalue weighted by Crippen LogP contribution is -2.49. The van der Waals surface area contributed by atoms with Gasteiger partial charge in [-0.2, -0.15) is 11.8 Å². The fourth-order valence-corrected chi connectivity index (χ4v) is 1.55. The Labute approximate surface area is 103 Å². The minimum absolute atomic E-state index is 0.440. The second kappa shape index (κ2) is 7.91. The lowest BCUT2D eigenvalue weighted by molar-refractivity contribution is -0.143. The van der Waals surface area contributed by atoms with E-state index in [-0.39, 0.29) is 0 Å². The summed E-state index contributed by atoms with van der Waals surface area (Å²) in [7, 11) is 0. The lowest BCUT2D eigenvalue weighted by atomic mass is 10.1. The van der Waals surface area contributed by atoms with Crippen molar-refractivity contribution >= 4 is 29.5 Å². The molecule has 0 spiro atoms. The van der Waals surface area contributed by atoms with Crippen LogP contribution in [0.4, 0.5) is 0 Å². The summed E-state index contributed by atoms with van der Waals surface area (Å²) in [6, 6.07) is -2.10. The van der Waals surface area contributed by atoms with Gasteiger partial charge in [0, 0.05) is 0 Å². The van der Waals surface area contributed by atoms with Gasteiger partial charge < -0.3 is 21.9 Å². The molecule has 0 radical (unpaired) electrons. The number of aliphatic carboxylic acids is 1. The number of carboxylic acids is 1. The van der Waals surface area contributed by atoms with Gasteiger partial charge in [-0.25, -0.2) is 4.79 Å². The maximum Gasteiger partial charge on any atom is 0.326 e. The molecule has 0 aliphatic carbocycles. The number of rotatable bonds is 8. The molecular formula is C9H17N3O4S. The molecule has 0 saturated heterocycles. The predicted molar refractivity (Wildman–Crippen MR) is 64.4 cm³/mol. The van der Waals surface area contributed by atoms with Gasteiger partial charge >= 0.3 is 5.97 Å². The highest BCUT2D eigenvalue weighted by Crippen LogP contribution is 2.00. The largest absolute Gasteiger partial charge is 0.480 e. The van der Waals surface area contributed by atoms with E-state index in [9.17, 15) is 14.4 Å². The van der Waals surface area contributed by atoms with Crippen molar-refractivity contribution in [3.8, 4) is 0 Å². The fraction of sp³-hybridized carbons (Fsp3) is 0.667. The predicted octanol–water partition coefficient (Wildman–Crippen LogP) is -1.49. The number of primary amides is 1. The molecule has 2 atom stereocenters. The Morgan fingerprint density at radius 3 is 2.41 bits per heavy atom. The van der Waals surface area contributed by atoms with E-state index in [1.54, 1.807) is 0 Å². The average Bonchev–Trinajstić information content (AvgIpc) is 2.23. The van der Waals surface area contributed by atoms with Crippen LogP contribution in [0.3, 0.4) is 0 Å². The standard InChI is InChI=1S/C9H17N3O4S/c1-17-3-2-5(10)8(14)12-6(9(15)16)4-7(11)13/h5-6H,2-4,10H2,1H3,(H2,11,13)(H,12,14)(H,15,16)/t5-,6?/m0/s1. The smallest absolute Gasteiger partial charge is 0.326 e. The molecule has 0 aromatic carbocycles. The molecule has 8 heteroatoms. The fourth-order valence-electron chi connectivity index (χ4n) is 1.06. The minimum Gasteiger partial charge on any atom is -0.480 e. The van der Waals surface area contributed by atoms with E-state index in [2.05, 4.69) is 5.32 Å². The van der Waals surface area contributed by atoms with Crippen LogP contribution in [0.15, 0.2) is 0 Å². The van der Waals surface area contributed by atoms with Gasteiger partial charge in [-0.05, 0) is 18.4 Å². The van der Waals surface area contributed by atoms with Crippen LogP contribution in [0.25, 0.3) is 0 Å². The third-order valence-electron chi connectivity index (χ3n) is 1.99. The van der Waals surface area contributed by atoms with Crippen molar-refractivity contribution in [2.75, 3.05) is 12.0 Å². The molecule has 98 valence electrons. The molecule has 0 aliphatic heterocycles. The SMILES string of the molecule is CSCC[C@H](N)C(=O)NC(CC(N)=O)C(=O)O. The molecular weight excluding hydrogens is 246 g/mol. The van der Waals surface area contributed by atoms with Crippen LogP contribution in [-0.4, -0.2) is 47.0 Å². The van der Waals surface area contributed by atoms with Gasteiger partial charge in [-0.15, -0.1) is 0 Å². The van der Waals surface area contributed by atoms with Crippen molar-refractivity contribution in [1.82, 2.24) is 5.32 Å². The Morgan fingerprint density at radius 2 is 2.00 bits per heavy atom. The summed E-state index contributed by atoms with van der Waals surface area (Å²) in [5.74, 6) is -2.00. The highest BCUT2D eigenvalue weighted by Gasteiger charge is 2.24. The Morgan fingerprint density at radius 1 is 1.41 bits per heavy atom. The van der Waals surface area contributed by atoms with Crippen LogP contribution in [0.1, 0.15) is 12.8 Å². The molecule has 0 fully saturated rings. The zero-order valence-electron chi connectivity index (χ0n) is 9.51. The molecule has 6 N–H and O–H groups in total. The summed E-state index contributed by atoms with van der Waals surface area (Å²) in [5.41, 5.74) is 10.4. The Balaban J connectivity index is 4.29. The van der Waals surface area contributed by atoms with Gasteiger partial charge in [-0.3, -0.25) is 9.59 Å². The first kappa shape index (κ1) is 15.7. The van der Waals surface area contributed by atoms with Crippen molar-refractivity contribution < 1.29 is 19.5 Å². The highest BCUT2D eigenvalue weighted by molar-refractivity contribution is 7.98. The quantitative estimate of drug-likeness (QED) is 0.421. The molecule has 17 heavy (non-hydrogen) atoms. The molecule has 7 nitrogen and oxygen atoms in total. The van der Waals surface area contributed by atoms with Crippen LogP contribution < -0.4 is 16.8 Å². The number of carbonyl (C=O) groups is 3. The van der Waals surface area contributed by atoms with E-state index in [0.717, 1.165) is 0 Å². The number of hydrogen-bond acceptors (Lipinski definition) is 5. The van der Waals surface area contributed by atoms with Crippen LogP contribution in [-0.2, 0) is 14.4 Å². The number of hydrogen-bond donors (Lipinski definition) is 4. The third-order valence-corrected chi connectivity index (χ3v) is 2.63. The second-order valence-electron chi connectivity index (χ2n) is 3.46. The first-order valence-corrected chi connectivity index (χ1v) is 6.33. The van der Waals surface area contributed by atoms with Crippen LogP contribution in [0.5, 0.6) is 0 Å². The third kappa shape index (κ3) is 6.80. The maximum atomic E-state index is 11.5. The molecule has 0 bridgehead atoms. The van der Waals surface area contributed by atoms with Crippen molar-refractivity contribution in [3.05, 3.63) is 0 Å². The molecule has 0 aliphatic rings. The Hall–Kier alpha value is -1.28. The van der Waals surface area contributed by atoms with E-state index >= 15 is 0 Å². The summed E-state index contributed by atoms with van der Waals surface area (Å²) < 4.78 is 0. The normalized spacial score (nSPS) is 13.8. The van der Waals surface area contributed by atoms with E-state index in [0.29, 0.717) is 12.2 Å². The second-order valence-corrected chi connectivity index (χ2v) is 4.44. The summed E-state index contributed by atoms with van der Waals surface area (Å²) in [6.07, 6.45) is 1.87. The van der Waals surface area contributed by atoms with Crippen molar-refractivity contribution in [1.29, 1.82) is 0 Å². The maximum absolute atomic E-state index is 11.5. The molecule has 0 heterocycles. The van der Waals surface area contributed by atoms with Gasteiger partial charge in [0.15, 0.2) is 0 Å². The van der Waals surface area contributed by atoms with Gasteiger partial charge in [0.1, 0.15) is 6.04 Å². The molecule has 0 saturated carbocycles. The number of nitrogens with one attached hydrogen (secondary N) is 1. The number of carboxylic acid groups (broad SMARTS) is 1. The van der Waals surface area contributed by atoms with Crippen molar-refractivity contribution in [2.24, 2.45) is 11.5 Å². The number of carbonyl (C=O) groups excluding carboxylic acids is 2. The first-order chi connectivity index (χ1) is 7.88. The van der Waals surface area contributed by atoms with E-state index in [1.165, 1.54) is 11.8 Å². The molecule has 0 rings (SSSR count). The number of nitrogens with two attached hydrogens (primary N) is 2. The number of thioether (sulfide) groups is 1. The highest BCUT2D eigenvalue weighted by atomic mass is 32.2. The molecule has 0 aromatic rings. The van der Waals surface area contributed by atoms with Crippen LogP contribution in [0, 0.1) is 0 Å². The molecule has 0 aromatic heterocycles. The Kier molecular flexibility index (Phi) is 7.31. The summed E-state index contributed by atoms with van der Waals surface area (Å²) in [5, 5.41) is 10.9. The summed E-state index contributed by atoms with van der Waals surface area (Å²) in [6.45, 7) is 0. The summed E-state index contributed by atoms with van der Waals surface area (Å²) in [4.78, 5) is 32.8. The van der Waals surface area contributed by atoms with E-state index < -0.39 is 36.3 Å². The van der Waals surface area contributed by atoms with Crippen molar-refractivity contribution in [3.63, 3.8) is 0 Å².